The molecule has 2 nitrogen and oxygen atoms in total. The zero-order valence-electron chi connectivity index (χ0n) is 16.6. The predicted octanol–water partition coefficient (Wildman–Crippen LogP) is 5.79. The Kier molecular flexibility index (Phi) is 8.25. The van der Waals surface area contributed by atoms with Crippen molar-refractivity contribution < 1.29 is 4.79 Å². The molecule has 2 aromatic carbocycles. The van der Waals surface area contributed by atoms with E-state index in [0.717, 1.165) is 30.6 Å². The molecule has 2 aromatic rings. The van der Waals surface area contributed by atoms with Crippen LogP contribution in [-0.2, 0) is 10.2 Å². The molecule has 27 heavy (non-hydrogen) atoms. The van der Waals surface area contributed by atoms with Crippen LogP contribution in [0.25, 0.3) is 0 Å². The molecule has 3 rings (SSSR count). The maximum atomic E-state index is 13.4. The van der Waals surface area contributed by atoms with Crippen molar-refractivity contribution in [2.75, 3.05) is 13.1 Å². The Morgan fingerprint density at radius 2 is 1.41 bits per heavy atom. The molecule has 0 aliphatic carbocycles. The van der Waals surface area contributed by atoms with Crippen molar-refractivity contribution in [3.8, 4) is 0 Å². The van der Waals surface area contributed by atoms with E-state index >= 15 is 0 Å². The number of hydrogen-bond donors (Lipinski definition) is 0. The van der Waals surface area contributed by atoms with Crippen LogP contribution in [0.3, 0.4) is 0 Å². The summed E-state index contributed by atoms with van der Waals surface area (Å²) in [6.07, 6.45) is 5.27. The van der Waals surface area contributed by atoms with Gasteiger partial charge in [-0.05, 0) is 50.4 Å². The van der Waals surface area contributed by atoms with Gasteiger partial charge in [0.2, 0.25) is 0 Å². The van der Waals surface area contributed by atoms with Crippen LogP contribution in [0.15, 0.2) is 60.7 Å². The third-order valence-electron chi connectivity index (χ3n) is 5.95. The van der Waals surface area contributed by atoms with Crippen molar-refractivity contribution in [3.05, 3.63) is 71.8 Å². The second-order valence-electron chi connectivity index (χ2n) is 7.56. The minimum absolute atomic E-state index is 0. The van der Waals surface area contributed by atoms with E-state index in [1.807, 2.05) is 19.1 Å². The molecule has 0 unspecified atom stereocenters. The minimum atomic E-state index is -0.561. The quantitative estimate of drug-likeness (QED) is 0.554. The van der Waals surface area contributed by atoms with Crippen LogP contribution in [0.1, 0.15) is 57.1 Å². The molecule has 1 aliphatic rings. The Labute approximate surface area is 174 Å². The van der Waals surface area contributed by atoms with Gasteiger partial charge in [0.05, 0.1) is 5.41 Å². The van der Waals surface area contributed by atoms with Crippen LogP contribution in [0.4, 0.5) is 0 Å². The number of hydrogen-bond acceptors (Lipinski definition) is 2. The van der Waals surface area contributed by atoms with Crippen LogP contribution in [0.5, 0.6) is 0 Å². The summed E-state index contributed by atoms with van der Waals surface area (Å²) in [5.74, 6) is 0.318. The van der Waals surface area contributed by atoms with Gasteiger partial charge in [-0.1, -0.05) is 74.0 Å². The number of ketones is 1. The van der Waals surface area contributed by atoms with Gasteiger partial charge in [0.15, 0.2) is 0 Å². The number of likely N-dealkylation sites (tertiary alicyclic amines) is 1. The zero-order valence-corrected chi connectivity index (χ0v) is 18.3. The highest BCUT2D eigenvalue weighted by molar-refractivity contribution is 8.93. The highest BCUT2D eigenvalue weighted by atomic mass is 79.9. The SMILES string of the molecule is Br.CCC(=O)C(C[C@@H](C)N1CCCCC1)(c1ccccc1)c1ccccc1. The van der Waals surface area contributed by atoms with Gasteiger partial charge in [-0.2, -0.15) is 0 Å². The van der Waals surface area contributed by atoms with Gasteiger partial charge in [0.25, 0.3) is 0 Å². The molecule has 0 aromatic heterocycles. The number of Topliss-reactive ketones (excluding diaryl/α,β-unsaturated/α-hetero) is 1. The monoisotopic (exact) mass is 429 g/mol. The number of piperidine rings is 1. The van der Waals surface area contributed by atoms with Gasteiger partial charge in [0.1, 0.15) is 5.78 Å². The van der Waals surface area contributed by atoms with E-state index in [9.17, 15) is 4.79 Å². The highest BCUT2D eigenvalue weighted by Crippen LogP contribution is 2.40. The van der Waals surface area contributed by atoms with Gasteiger partial charge in [-0.25, -0.2) is 0 Å². The topological polar surface area (TPSA) is 20.3 Å². The highest BCUT2D eigenvalue weighted by Gasteiger charge is 2.42. The first-order valence-electron chi connectivity index (χ1n) is 10.1. The van der Waals surface area contributed by atoms with E-state index in [1.165, 1.54) is 19.3 Å². The first-order valence-corrected chi connectivity index (χ1v) is 10.1. The van der Waals surface area contributed by atoms with Crippen LogP contribution in [0.2, 0.25) is 0 Å². The number of nitrogens with zero attached hydrogens (tertiary/aromatic N) is 1. The number of carbonyl (C=O) groups is 1. The number of rotatable bonds is 7. The molecule has 0 bridgehead atoms. The third kappa shape index (κ3) is 4.70. The van der Waals surface area contributed by atoms with Gasteiger partial charge in [0, 0.05) is 12.5 Å². The molecule has 0 radical (unpaired) electrons. The molecule has 0 N–H and O–H groups in total. The lowest BCUT2D eigenvalue weighted by Crippen LogP contribution is -2.46. The van der Waals surface area contributed by atoms with Crippen molar-refractivity contribution >= 4 is 22.8 Å². The molecule has 3 heteroatoms. The summed E-state index contributed by atoms with van der Waals surface area (Å²) in [6.45, 7) is 6.60. The summed E-state index contributed by atoms with van der Waals surface area (Å²) in [6, 6.07) is 21.2. The molecule has 1 atom stereocenters. The van der Waals surface area contributed by atoms with E-state index in [0.29, 0.717) is 18.2 Å². The number of carbonyl (C=O) groups excluding carboxylic acids is 1. The normalized spacial score (nSPS) is 16.4. The summed E-state index contributed by atoms with van der Waals surface area (Å²) >= 11 is 0. The molecular weight excluding hydrogens is 398 g/mol. The van der Waals surface area contributed by atoms with Crippen molar-refractivity contribution in [2.45, 2.75) is 57.4 Å². The smallest absolute Gasteiger partial charge is 0.147 e. The first-order chi connectivity index (χ1) is 12.7. The summed E-state index contributed by atoms with van der Waals surface area (Å²) in [5.41, 5.74) is 1.69. The Morgan fingerprint density at radius 3 is 1.85 bits per heavy atom. The second kappa shape index (κ2) is 10.2. The number of halogens is 1. The van der Waals surface area contributed by atoms with Gasteiger partial charge < -0.3 is 4.90 Å². The van der Waals surface area contributed by atoms with Crippen LogP contribution in [-0.4, -0.2) is 29.8 Å². The molecule has 0 saturated carbocycles. The van der Waals surface area contributed by atoms with E-state index in [1.54, 1.807) is 0 Å². The lowest BCUT2D eigenvalue weighted by atomic mass is 9.66. The van der Waals surface area contributed by atoms with Crippen molar-refractivity contribution in [2.24, 2.45) is 0 Å². The fourth-order valence-corrected chi connectivity index (χ4v) is 4.52. The van der Waals surface area contributed by atoms with Crippen LogP contribution < -0.4 is 0 Å². The largest absolute Gasteiger partial charge is 0.301 e. The predicted molar refractivity (Wildman–Crippen MR) is 119 cm³/mol. The zero-order chi connectivity index (χ0) is 18.4. The Bertz CT molecular complexity index is 655. The van der Waals surface area contributed by atoms with Crippen LogP contribution >= 0.6 is 17.0 Å². The Morgan fingerprint density at radius 1 is 0.926 bits per heavy atom. The van der Waals surface area contributed by atoms with E-state index in [4.69, 9.17) is 0 Å². The lowest BCUT2D eigenvalue weighted by Gasteiger charge is -2.40. The maximum Gasteiger partial charge on any atom is 0.147 e. The van der Waals surface area contributed by atoms with E-state index < -0.39 is 5.41 Å². The lowest BCUT2D eigenvalue weighted by molar-refractivity contribution is -0.123. The van der Waals surface area contributed by atoms with Gasteiger partial charge in [-0.3, -0.25) is 4.79 Å². The molecule has 146 valence electrons. The van der Waals surface area contributed by atoms with Crippen LogP contribution in [0, 0.1) is 0 Å². The summed E-state index contributed by atoms with van der Waals surface area (Å²) in [7, 11) is 0. The molecule has 1 heterocycles. The average Bonchev–Trinajstić information content (AvgIpc) is 2.73. The molecule has 1 saturated heterocycles. The van der Waals surface area contributed by atoms with Crippen molar-refractivity contribution in [3.63, 3.8) is 0 Å². The standard InChI is InChI=1S/C24H31NO.BrH/c1-3-23(26)24(21-13-7-4-8-14-21,22-15-9-5-10-16-22)19-20(2)25-17-11-6-12-18-25;/h4-5,7-10,13-16,20H,3,6,11-12,17-19H2,1-2H3;1H/t20-;/m1./s1. The van der Waals surface area contributed by atoms with E-state index in [-0.39, 0.29) is 17.0 Å². The molecule has 0 spiro atoms. The summed E-state index contributed by atoms with van der Waals surface area (Å²) < 4.78 is 0. The fourth-order valence-electron chi connectivity index (χ4n) is 4.52. The molecule has 1 aliphatic heterocycles. The fraction of sp³-hybridized carbons (Fsp3) is 0.458. The first kappa shape index (κ1) is 21.8. The molecule has 1 fully saturated rings. The van der Waals surface area contributed by atoms with Crippen molar-refractivity contribution in [1.29, 1.82) is 0 Å². The van der Waals surface area contributed by atoms with E-state index in [2.05, 4.69) is 60.4 Å². The van der Waals surface area contributed by atoms with Gasteiger partial charge >= 0.3 is 0 Å². The average molecular weight is 430 g/mol. The van der Waals surface area contributed by atoms with Crippen molar-refractivity contribution in [1.82, 2.24) is 4.90 Å². The summed E-state index contributed by atoms with van der Waals surface area (Å²) in [5, 5.41) is 0. The summed E-state index contributed by atoms with van der Waals surface area (Å²) in [4.78, 5) is 16.0. The molecular formula is C24H32BrNO. The van der Waals surface area contributed by atoms with Gasteiger partial charge in [-0.15, -0.1) is 17.0 Å². The Balaban J connectivity index is 0.00000261. The minimum Gasteiger partial charge on any atom is -0.301 e. The second-order valence-corrected chi connectivity index (χ2v) is 7.56. The maximum absolute atomic E-state index is 13.4. The third-order valence-corrected chi connectivity index (χ3v) is 5.95. The number of benzene rings is 2. The molecule has 0 amide bonds. The Hall–Kier alpha value is -1.45.